The average Bonchev–Trinajstić information content (AvgIpc) is 2.29. The number of nitro groups is 1. The molecule has 1 aromatic rings. The van der Waals surface area contributed by atoms with Crippen molar-refractivity contribution >= 4 is 11.4 Å². The topological polar surface area (TPSA) is 58.4 Å². The number of non-ortho nitro benzene ring substituents is 1. The van der Waals surface area contributed by atoms with Gasteiger partial charge in [-0.3, -0.25) is 15.0 Å². The second-order valence-electron chi connectivity index (χ2n) is 5.13. The number of nitro benzene ring substituents is 1. The van der Waals surface area contributed by atoms with Gasteiger partial charge in [-0.2, -0.15) is 0 Å². The highest BCUT2D eigenvalue weighted by atomic mass is 16.6. The molecule has 104 valence electrons. The number of nitrogens with zero attached hydrogens (tertiary/aromatic N) is 2. The Bertz CT molecular complexity index is 458. The molecule has 0 aliphatic heterocycles. The molecule has 5 heteroatoms. The van der Waals surface area contributed by atoms with Gasteiger partial charge in [0.25, 0.3) is 5.69 Å². The van der Waals surface area contributed by atoms with Crippen LogP contribution in [0.2, 0.25) is 0 Å². The number of anilines is 1. The van der Waals surface area contributed by atoms with Crippen molar-refractivity contribution in [2.24, 2.45) is 0 Å². The molecule has 1 aliphatic carbocycles. The fourth-order valence-electron chi connectivity index (χ4n) is 2.41. The van der Waals surface area contributed by atoms with Crippen molar-refractivity contribution in [2.45, 2.75) is 38.8 Å². The maximum Gasteiger partial charge on any atom is 0.269 e. The largest absolute Gasteiger partial charge is 0.385 e. The van der Waals surface area contributed by atoms with E-state index in [1.54, 1.807) is 12.1 Å². The number of rotatable bonds is 6. The van der Waals surface area contributed by atoms with Crippen LogP contribution < -0.4 is 5.32 Å². The van der Waals surface area contributed by atoms with Gasteiger partial charge in [-0.15, -0.1) is 0 Å². The zero-order valence-corrected chi connectivity index (χ0v) is 11.6. The van der Waals surface area contributed by atoms with Crippen LogP contribution in [0.25, 0.3) is 0 Å². The van der Waals surface area contributed by atoms with E-state index in [9.17, 15) is 10.1 Å². The number of benzene rings is 1. The van der Waals surface area contributed by atoms with Crippen LogP contribution in [0.15, 0.2) is 18.2 Å². The molecule has 2 rings (SSSR count). The molecule has 1 aliphatic rings. The first-order chi connectivity index (χ1) is 9.11. The van der Waals surface area contributed by atoms with E-state index >= 15 is 0 Å². The Morgan fingerprint density at radius 1 is 1.47 bits per heavy atom. The SMILES string of the molecule is CCNc1ccc([N+](=O)[O-])cc1CN(C)C1CCC1. The number of nitrogens with one attached hydrogen (secondary N) is 1. The molecule has 0 aromatic heterocycles. The molecule has 0 amide bonds. The molecule has 0 spiro atoms. The van der Waals surface area contributed by atoms with E-state index in [1.807, 2.05) is 13.0 Å². The van der Waals surface area contributed by atoms with E-state index in [4.69, 9.17) is 0 Å². The highest BCUT2D eigenvalue weighted by molar-refractivity contribution is 5.56. The van der Waals surface area contributed by atoms with Crippen LogP contribution in [0.1, 0.15) is 31.7 Å². The first-order valence-electron chi connectivity index (χ1n) is 6.83. The molecule has 1 saturated carbocycles. The average molecular weight is 263 g/mol. The maximum atomic E-state index is 10.9. The maximum absolute atomic E-state index is 10.9. The van der Waals surface area contributed by atoms with Crippen molar-refractivity contribution in [1.82, 2.24) is 4.90 Å². The predicted molar refractivity (Wildman–Crippen MR) is 76.4 cm³/mol. The zero-order valence-electron chi connectivity index (χ0n) is 11.6. The number of hydrogen-bond donors (Lipinski definition) is 1. The summed E-state index contributed by atoms with van der Waals surface area (Å²) in [6.45, 7) is 3.60. The summed E-state index contributed by atoms with van der Waals surface area (Å²) in [5.41, 5.74) is 2.17. The van der Waals surface area contributed by atoms with E-state index in [0.717, 1.165) is 24.3 Å². The minimum atomic E-state index is -0.331. The van der Waals surface area contributed by atoms with Crippen molar-refractivity contribution in [2.75, 3.05) is 18.9 Å². The van der Waals surface area contributed by atoms with Gasteiger partial charge in [-0.05, 0) is 38.4 Å². The van der Waals surface area contributed by atoms with E-state index in [0.29, 0.717) is 6.04 Å². The third-order valence-electron chi connectivity index (χ3n) is 3.78. The Morgan fingerprint density at radius 2 is 2.21 bits per heavy atom. The van der Waals surface area contributed by atoms with Crippen molar-refractivity contribution in [3.05, 3.63) is 33.9 Å². The van der Waals surface area contributed by atoms with Crippen LogP contribution >= 0.6 is 0 Å². The normalized spacial score (nSPS) is 15.3. The van der Waals surface area contributed by atoms with Gasteiger partial charge in [0.05, 0.1) is 4.92 Å². The Morgan fingerprint density at radius 3 is 2.74 bits per heavy atom. The second kappa shape index (κ2) is 6.02. The zero-order chi connectivity index (χ0) is 13.8. The van der Waals surface area contributed by atoms with Gasteiger partial charge in [0.2, 0.25) is 0 Å². The molecule has 19 heavy (non-hydrogen) atoms. The molecule has 1 N–H and O–H groups in total. The molecule has 0 bridgehead atoms. The van der Waals surface area contributed by atoms with Gasteiger partial charge in [0.1, 0.15) is 0 Å². The molecular formula is C14H21N3O2. The van der Waals surface area contributed by atoms with E-state index < -0.39 is 0 Å². The summed E-state index contributed by atoms with van der Waals surface area (Å²) in [5, 5.41) is 14.2. The molecular weight excluding hydrogens is 242 g/mol. The smallest absolute Gasteiger partial charge is 0.269 e. The van der Waals surface area contributed by atoms with E-state index in [2.05, 4.69) is 17.3 Å². The summed E-state index contributed by atoms with van der Waals surface area (Å²) >= 11 is 0. The van der Waals surface area contributed by atoms with Crippen LogP contribution in [0, 0.1) is 10.1 Å². The van der Waals surface area contributed by atoms with Crippen LogP contribution in [0.5, 0.6) is 0 Å². The third-order valence-corrected chi connectivity index (χ3v) is 3.78. The predicted octanol–water partition coefficient (Wildman–Crippen LogP) is 3.01. The van der Waals surface area contributed by atoms with E-state index in [1.165, 1.54) is 19.3 Å². The van der Waals surface area contributed by atoms with Gasteiger partial charge in [0, 0.05) is 37.0 Å². The summed E-state index contributed by atoms with van der Waals surface area (Å²) in [7, 11) is 2.10. The van der Waals surface area contributed by atoms with Crippen molar-refractivity contribution < 1.29 is 4.92 Å². The number of hydrogen-bond acceptors (Lipinski definition) is 4. The minimum absolute atomic E-state index is 0.165. The van der Waals surface area contributed by atoms with Gasteiger partial charge >= 0.3 is 0 Å². The first-order valence-corrected chi connectivity index (χ1v) is 6.83. The van der Waals surface area contributed by atoms with Crippen LogP contribution in [-0.4, -0.2) is 29.5 Å². The molecule has 0 radical (unpaired) electrons. The summed E-state index contributed by atoms with van der Waals surface area (Å²) < 4.78 is 0. The lowest BCUT2D eigenvalue weighted by Gasteiger charge is -2.35. The van der Waals surface area contributed by atoms with Crippen LogP contribution in [0.4, 0.5) is 11.4 Å². The van der Waals surface area contributed by atoms with Crippen LogP contribution in [-0.2, 0) is 6.54 Å². The lowest BCUT2D eigenvalue weighted by molar-refractivity contribution is -0.384. The highest BCUT2D eigenvalue weighted by Crippen LogP contribution is 2.28. The molecule has 0 saturated heterocycles. The Hall–Kier alpha value is -1.62. The van der Waals surface area contributed by atoms with Gasteiger partial charge in [-0.25, -0.2) is 0 Å². The van der Waals surface area contributed by atoms with Crippen molar-refractivity contribution in [3.8, 4) is 0 Å². The molecule has 0 atom stereocenters. The molecule has 1 fully saturated rings. The van der Waals surface area contributed by atoms with Crippen molar-refractivity contribution in [3.63, 3.8) is 0 Å². The lowest BCUT2D eigenvalue weighted by atomic mass is 9.91. The monoisotopic (exact) mass is 263 g/mol. The Balaban J connectivity index is 2.18. The summed E-state index contributed by atoms with van der Waals surface area (Å²) in [5.74, 6) is 0. The fraction of sp³-hybridized carbons (Fsp3) is 0.571. The molecule has 0 unspecified atom stereocenters. The van der Waals surface area contributed by atoms with Gasteiger partial charge in [0.15, 0.2) is 0 Å². The highest BCUT2D eigenvalue weighted by Gasteiger charge is 2.23. The summed E-state index contributed by atoms with van der Waals surface area (Å²) in [4.78, 5) is 12.8. The first kappa shape index (κ1) is 13.8. The van der Waals surface area contributed by atoms with Gasteiger partial charge in [-0.1, -0.05) is 6.42 Å². The summed E-state index contributed by atoms with van der Waals surface area (Å²) in [6.07, 6.45) is 3.77. The minimum Gasteiger partial charge on any atom is -0.385 e. The van der Waals surface area contributed by atoms with Gasteiger partial charge < -0.3 is 5.32 Å². The standard InChI is InChI=1S/C14H21N3O2/c1-3-15-14-8-7-13(17(18)19)9-11(14)10-16(2)12-5-4-6-12/h7-9,12,15H,3-6,10H2,1-2H3. The quantitative estimate of drug-likeness (QED) is 0.633. The molecule has 1 aromatic carbocycles. The molecule has 5 nitrogen and oxygen atoms in total. The fourth-order valence-corrected chi connectivity index (χ4v) is 2.41. The Labute approximate surface area is 113 Å². The molecule has 0 heterocycles. The van der Waals surface area contributed by atoms with Crippen LogP contribution in [0.3, 0.4) is 0 Å². The summed E-state index contributed by atoms with van der Waals surface area (Å²) in [6, 6.07) is 5.69. The van der Waals surface area contributed by atoms with Crippen molar-refractivity contribution in [1.29, 1.82) is 0 Å². The second-order valence-corrected chi connectivity index (χ2v) is 5.13. The Kier molecular flexibility index (Phi) is 4.37. The lowest BCUT2D eigenvalue weighted by Crippen LogP contribution is -2.36. The third kappa shape index (κ3) is 3.23. The van der Waals surface area contributed by atoms with E-state index in [-0.39, 0.29) is 10.6 Å².